The van der Waals surface area contributed by atoms with Gasteiger partial charge in [-0.05, 0) is 35.8 Å². The number of hydrogen-bond donors (Lipinski definition) is 0. The molecule has 6 heteroatoms. The molecule has 0 heterocycles. The first-order chi connectivity index (χ1) is 27.7. The fourth-order valence-electron chi connectivity index (χ4n) is 9.44. The summed E-state index contributed by atoms with van der Waals surface area (Å²) in [6.07, 6.45) is 19.7. The van der Waals surface area contributed by atoms with Crippen LogP contribution in [-0.2, 0) is 36.2 Å². The van der Waals surface area contributed by atoms with Crippen molar-refractivity contribution in [1.82, 2.24) is 0 Å². The molecule has 0 unspecified atom stereocenters. The molecule has 0 aromatic heterocycles. The van der Waals surface area contributed by atoms with Crippen LogP contribution in [0.5, 0.6) is 0 Å². The molecule has 0 atom stereocenters. The Morgan fingerprint density at radius 3 is 1.12 bits per heavy atom. The average molecular weight is 968 g/mol. The van der Waals surface area contributed by atoms with Crippen LogP contribution < -0.4 is 35.2 Å². The van der Waals surface area contributed by atoms with E-state index in [0.717, 1.165) is 11.8 Å². The summed E-state index contributed by atoms with van der Waals surface area (Å²) in [6.45, 7) is 19.1. The van der Waals surface area contributed by atoms with Gasteiger partial charge in [-0.1, -0.05) is 198 Å². The van der Waals surface area contributed by atoms with Crippen molar-refractivity contribution in [2.45, 2.75) is 142 Å². The Hall–Kier alpha value is -1.79. The zero-order chi connectivity index (χ0) is 41.3. The van der Waals surface area contributed by atoms with Crippen molar-refractivity contribution < 1.29 is 48.1 Å². The maximum absolute atomic E-state index is 2.47. The molecule has 0 N–H and O–H groups in total. The second-order valence-corrected chi connectivity index (χ2v) is 39.7. The predicted octanol–water partition coefficient (Wildman–Crippen LogP) is 9.36. The van der Waals surface area contributed by atoms with E-state index in [4.69, 9.17) is 0 Å². The van der Waals surface area contributed by atoms with Gasteiger partial charge in [0.1, 0.15) is 0 Å². The van der Waals surface area contributed by atoms with Crippen molar-refractivity contribution >= 4 is 53.5 Å². The zero-order valence-corrected chi connectivity index (χ0v) is 45.2. The summed E-state index contributed by atoms with van der Waals surface area (Å²) in [5, 5.41) is 8.75. The molecule has 0 radical (unpaired) electrons. The van der Waals surface area contributed by atoms with Crippen LogP contribution in [0.1, 0.15) is 88.2 Å². The Morgan fingerprint density at radius 2 is 0.817 bits per heavy atom. The van der Waals surface area contributed by atoms with Crippen LogP contribution in [0, 0.1) is 11.8 Å². The second-order valence-electron chi connectivity index (χ2n) is 20.1. The van der Waals surface area contributed by atoms with Crippen molar-refractivity contribution in [1.29, 1.82) is 0 Å². The van der Waals surface area contributed by atoms with E-state index in [1.807, 2.05) is 0 Å². The molecule has 2 saturated carbocycles. The molecule has 0 amide bonds. The predicted molar refractivity (Wildman–Crippen MR) is 263 cm³/mol. The summed E-state index contributed by atoms with van der Waals surface area (Å²) in [5.74, 6) is 1.78. The Morgan fingerprint density at radius 1 is 0.500 bits per heavy atom. The van der Waals surface area contributed by atoms with E-state index >= 15 is 0 Å². The van der Waals surface area contributed by atoms with Crippen LogP contribution in [0.15, 0.2) is 109 Å². The van der Waals surface area contributed by atoms with Crippen LogP contribution in [-0.4, -0.2) is 21.6 Å². The van der Waals surface area contributed by atoms with E-state index in [0.29, 0.717) is 0 Å². The molecule has 8 rings (SSSR count). The van der Waals surface area contributed by atoms with E-state index in [1.54, 1.807) is 34.5 Å². The van der Waals surface area contributed by atoms with Crippen LogP contribution in [0.25, 0.3) is 43.8 Å². The van der Waals surface area contributed by atoms with Crippen molar-refractivity contribution in [3.8, 4) is 22.3 Å². The normalized spacial score (nSPS) is 15.4. The Balaban J connectivity index is 0.000000236. The summed E-state index contributed by atoms with van der Waals surface area (Å²) in [7, 11) is -2.47. The number of hydrogen-bond acceptors (Lipinski definition) is 0. The topological polar surface area (TPSA) is 0 Å². The first-order valence-electron chi connectivity index (χ1n) is 22.8. The van der Waals surface area contributed by atoms with Crippen LogP contribution in [0.3, 0.4) is 0 Å². The molecule has 320 valence electrons. The monoisotopic (exact) mass is 964 g/mol. The largest absolute Gasteiger partial charge is 1.00 e. The van der Waals surface area contributed by atoms with Crippen LogP contribution in [0.2, 0.25) is 52.4 Å². The molecule has 0 saturated heterocycles. The van der Waals surface area contributed by atoms with Gasteiger partial charge in [0, 0.05) is 0 Å². The summed E-state index contributed by atoms with van der Waals surface area (Å²) in [6, 6.07) is 42.2. The molecule has 6 aromatic rings. The van der Waals surface area contributed by atoms with Gasteiger partial charge in [-0.2, -0.15) is 12.1 Å². The molecule has 0 nitrogen and oxygen atoms in total. The van der Waals surface area contributed by atoms with Crippen LogP contribution in [0.4, 0.5) is 0 Å². The van der Waals surface area contributed by atoms with Crippen molar-refractivity contribution in [3.63, 3.8) is 0 Å². The summed E-state index contributed by atoms with van der Waals surface area (Å²) in [5.41, 5.74) is 8.79. The number of benzene rings is 4. The van der Waals surface area contributed by atoms with E-state index in [2.05, 4.69) is 162 Å². The van der Waals surface area contributed by atoms with Gasteiger partial charge in [-0.25, -0.2) is 0 Å². The van der Waals surface area contributed by atoms with Crippen LogP contribution >= 0.6 is 0 Å². The quantitative estimate of drug-likeness (QED) is 0.0812. The molecule has 0 spiro atoms. The summed E-state index contributed by atoms with van der Waals surface area (Å²) >= 11 is 1.74. The third-order valence-corrected chi connectivity index (χ3v) is 16.9. The minimum Gasteiger partial charge on any atom is -1.00 e. The van der Waals surface area contributed by atoms with Gasteiger partial charge in [0.15, 0.2) is 0 Å². The fraction of sp³-hybridized carbons (Fsp3) is 0.444. The fourth-order valence-corrected chi connectivity index (χ4v) is 11.8. The molecule has 0 aliphatic heterocycles. The van der Waals surface area contributed by atoms with E-state index in [-0.39, 0.29) is 30.2 Å². The second kappa shape index (κ2) is 23.8. The first kappa shape index (κ1) is 50.9. The average Bonchev–Trinajstić information content (AvgIpc) is 3.57. The minimum atomic E-state index is -1.24. The summed E-state index contributed by atoms with van der Waals surface area (Å²) < 4.78 is 0. The summed E-state index contributed by atoms with van der Waals surface area (Å²) in [4.78, 5) is 0. The molecule has 6 aromatic carbocycles. The smallest absolute Gasteiger partial charge is 1.00 e. The molecule has 2 aliphatic carbocycles. The van der Waals surface area contributed by atoms with Gasteiger partial charge in [0.05, 0.1) is 16.1 Å². The molecule has 60 heavy (non-hydrogen) atoms. The van der Waals surface area contributed by atoms with Gasteiger partial charge in [0.2, 0.25) is 0 Å². The van der Waals surface area contributed by atoms with Crippen molar-refractivity contribution in [2.75, 3.05) is 0 Å². The Kier molecular flexibility index (Phi) is 20.1. The van der Waals surface area contributed by atoms with Gasteiger partial charge >= 0.3 is 41.9 Å². The maximum atomic E-state index is 2.47. The number of halogens is 2. The van der Waals surface area contributed by atoms with Gasteiger partial charge in [0.25, 0.3) is 0 Å². The molecular weight excluding hydrogens is 895 g/mol. The maximum Gasteiger partial charge on any atom is -1.00 e. The minimum absolute atomic E-state index is 0. The first-order valence-corrected chi connectivity index (χ1v) is 36.0. The van der Waals surface area contributed by atoms with Gasteiger partial charge in [-0.3, -0.25) is 0 Å². The Bertz CT molecular complexity index is 2040. The molecule has 2 fully saturated rings. The van der Waals surface area contributed by atoms with E-state index in [9.17, 15) is 0 Å². The third-order valence-electron chi connectivity index (χ3n) is 12.7. The molecule has 0 bridgehead atoms. The molecular formula is C54H72Cl2Si3Zr-2. The number of rotatable bonds is 8. The van der Waals surface area contributed by atoms with Crippen molar-refractivity contribution in [2.24, 2.45) is 11.8 Å². The van der Waals surface area contributed by atoms with E-state index < -0.39 is 16.1 Å². The Labute approximate surface area is 395 Å². The SMILES string of the molecule is C[Si](C)(C)c1ccc(-c2cccc3[cH-]c(CC4CCCCCC4)cc23)cc1.C[Si](C)(C)c1ccc(-c2cccc3[cH-]c(CC4CCCCCC4)cc23)cc1.C[Si](C)=[Zr+2].[Cl-].[Cl-]. The van der Waals surface area contributed by atoms with Gasteiger partial charge < -0.3 is 24.8 Å². The van der Waals surface area contributed by atoms with Crippen molar-refractivity contribution in [3.05, 3.63) is 120 Å². The standard InChI is InChI=1S/2C26H33Si.C2H6Si.2ClH.Zr/c2*1-27(2,3)24-15-13-22(14-16-24)25-12-8-11-23-18-21(19-26(23)25)17-20-9-6-4-5-7-10-20;1-3-2;;;/h2*8,11-16,18-20H,4-7,9-10,17H2,1-3H3;1-2H3;2*1H;/q2*-1;;;;+2/p-2. The third kappa shape index (κ3) is 14.6. The van der Waals surface area contributed by atoms with Gasteiger partial charge in [-0.15, -0.1) is 69.1 Å². The molecule has 2 aliphatic rings. The van der Waals surface area contributed by atoms with E-state index in [1.165, 1.54) is 144 Å². The number of fused-ring (bicyclic) bond motifs is 2. The zero-order valence-electron chi connectivity index (χ0n) is 38.2.